The first-order chi connectivity index (χ1) is 15.2. The fraction of sp³-hybridized carbons (Fsp3) is 0.231. The zero-order chi connectivity index (χ0) is 21.2. The molecule has 1 aliphatic rings. The SMILES string of the molecule is O=C(/C=C/c1ccc2c(ccn2C2CCCCC2)c1)Nc1cnc2ccccc2c1Cl. The predicted molar refractivity (Wildman–Crippen MR) is 128 cm³/mol. The highest BCUT2D eigenvalue weighted by Gasteiger charge is 2.16. The topological polar surface area (TPSA) is 46.9 Å². The number of hydrogen-bond acceptors (Lipinski definition) is 2. The standard InChI is InChI=1S/C26H24ClN3O/c27-26-21-8-4-5-9-22(21)28-17-23(26)29-25(31)13-11-18-10-12-24-19(16-18)14-15-30(24)20-6-2-1-3-7-20/h4-5,8-17,20H,1-3,6-7H2,(H,29,31)/b13-11+. The lowest BCUT2D eigenvalue weighted by Crippen LogP contribution is -2.11. The van der Waals surface area contributed by atoms with E-state index in [1.807, 2.05) is 30.3 Å². The minimum atomic E-state index is -0.237. The first-order valence-electron chi connectivity index (χ1n) is 10.8. The number of nitrogens with one attached hydrogen (secondary N) is 1. The van der Waals surface area contributed by atoms with E-state index in [0.717, 1.165) is 16.5 Å². The van der Waals surface area contributed by atoms with Crippen molar-refractivity contribution in [1.82, 2.24) is 9.55 Å². The van der Waals surface area contributed by atoms with Gasteiger partial charge in [-0.1, -0.05) is 55.1 Å². The van der Waals surface area contributed by atoms with E-state index in [1.54, 1.807) is 6.20 Å². The first kappa shape index (κ1) is 19.8. The van der Waals surface area contributed by atoms with Crippen LogP contribution in [0.1, 0.15) is 43.7 Å². The molecule has 1 aliphatic carbocycles. The molecule has 1 saturated carbocycles. The van der Waals surface area contributed by atoms with Crippen molar-refractivity contribution < 1.29 is 4.79 Å². The molecule has 2 aromatic carbocycles. The number of anilines is 1. The van der Waals surface area contributed by atoms with Crippen LogP contribution < -0.4 is 5.32 Å². The lowest BCUT2D eigenvalue weighted by Gasteiger charge is -2.24. The maximum absolute atomic E-state index is 12.5. The van der Waals surface area contributed by atoms with E-state index >= 15 is 0 Å². The number of rotatable bonds is 4. The van der Waals surface area contributed by atoms with Crippen LogP contribution in [0.5, 0.6) is 0 Å². The normalized spacial score (nSPS) is 15.1. The van der Waals surface area contributed by atoms with E-state index in [9.17, 15) is 4.79 Å². The number of halogens is 1. The van der Waals surface area contributed by atoms with Crippen molar-refractivity contribution >= 4 is 51.1 Å². The summed E-state index contributed by atoms with van der Waals surface area (Å²) >= 11 is 6.45. The fourth-order valence-electron chi connectivity index (χ4n) is 4.50. The summed E-state index contributed by atoms with van der Waals surface area (Å²) in [5.41, 5.74) is 3.57. The van der Waals surface area contributed by atoms with E-state index in [0.29, 0.717) is 16.8 Å². The number of nitrogens with zero attached hydrogens (tertiary/aromatic N) is 2. The summed E-state index contributed by atoms with van der Waals surface area (Å²) in [7, 11) is 0. The van der Waals surface area contributed by atoms with Crippen molar-refractivity contribution in [3.8, 4) is 0 Å². The van der Waals surface area contributed by atoms with Crippen molar-refractivity contribution in [1.29, 1.82) is 0 Å². The molecule has 1 fully saturated rings. The summed E-state index contributed by atoms with van der Waals surface area (Å²) in [4.78, 5) is 16.8. The number of aromatic nitrogens is 2. The molecule has 2 aromatic heterocycles. The number of fused-ring (bicyclic) bond motifs is 2. The van der Waals surface area contributed by atoms with Crippen molar-refractivity contribution in [3.05, 3.63) is 77.6 Å². The molecule has 5 rings (SSSR count). The molecule has 0 spiro atoms. The number of hydrogen-bond donors (Lipinski definition) is 1. The first-order valence-corrected chi connectivity index (χ1v) is 11.2. The molecule has 0 aliphatic heterocycles. The number of para-hydroxylation sites is 1. The monoisotopic (exact) mass is 429 g/mol. The Hall–Kier alpha value is -3.11. The molecule has 4 aromatic rings. The van der Waals surface area contributed by atoms with Gasteiger partial charge in [0, 0.05) is 34.6 Å². The van der Waals surface area contributed by atoms with Gasteiger partial charge in [0.15, 0.2) is 0 Å². The van der Waals surface area contributed by atoms with Crippen molar-refractivity contribution in [3.63, 3.8) is 0 Å². The molecule has 0 atom stereocenters. The maximum atomic E-state index is 12.5. The molecule has 0 saturated heterocycles. The molecule has 2 heterocycles. The van der Waals surface area contributed by atoms with Crippen molar-refractivity contribution in [2.75, 3.05) is 5.32 Å². The number of pyridine rings is 1. The average molecular weight is 430 g/mol. The Morgan fingerprint density at radius 2 is 1.94 bits per heavy atom. The summed E-state index contributed by atoms with van der Waals surface area (Å²) in [6.45, 7) is 0. The largest absolute Gasteiger partial charge is 0.344 e. The third-order valence-corrected chi connectivity index (χ3v) is 6.51. The van der Waals surface area contributed by atoms with Gasteiger partial charge in [-0.15, -0.1) is 0 Å². The molecule has 1 N–H and O–H groups in total. The van der Waals surface area contributed by atoms with Gasteiger partial charge in [-0.25, -0.2) is 0 Å². The van der Waals surface area contributed by atoms with Crippen LogP contribution >= 0.6 is 11.6 Å². The third kappa shape index (κ3) is 4.08. The van der Waals surface area contributed by atoms with Crippen LogP contribution in [-0.2, 0) is 4.79 Å². The summed E-state index contributed by atoms with van der Waals surface area (Å²) in [6.07, 6.45) is 13.7. The molecular formula is C26H24ClN3O. The molecule has 0 radical (unpaired) electrons. The minimum absolute atomic E-state index is 0.237. The van der Waals surface area contributed by atoms with Gasteiger partial charge >= 0.3 is 0 Å². The Kier molecular flexibility index (Phi) is 5.47. The molecule has 0 bridgehead atoms. The van der Waals surface area contributed by atoms with Crippen LogP contribution in [0.15, 0.2) is 67.0 Å². The van der Waals surface area contributed by atoms with Gasteiger partial charge in [-0.2, -0.15) is 0 Å². The van der Waals surface area contributed by atoms with Crippen LogP contribution in [0.25, 0.3) is 27.9 Å². The van der Waals surface area contributed by atoms with Gasteiger partial charge in [0.25, 0.3) is 0 Å². The lowest BCUT2D eigenvalue weighted by atomic mass is 9.95. The van der Waals surface area contributed by atoms with E-state index in [1.165, 1.54) is 49.1 Å². The Labute approximate surface area is 186 Å². The van der Waals surface area contributed by atoms with Crippen molar-refractivity contribution in [2.24, 2.45) is 0 Å². The second-order valence-corrected chi connectivity index (χ2v) is 8.54. The Morgan fingerprint density at radius 3 is 2.81 bits per heavy atom. The molecule has 4 nitrogen and oxygen atoms in total. The molecule has 31 heavy (non-hydrogen) atoms. The summed E-state index contributed by atoms with van der Waals surface area (Å²) in [6, 6.07) is 16.7. The smallest absolute Gasteiger partial charge is 0.248 e. The van der Waals surface area contributed by atoms with Gasteiger partial charge in [0.05, 0.1) is 22.4 Å². The van der Waals surface area contributed by atoms with Crippen LogP contribution in [0.2, 0.25) is 5.02 Å². The van der Waals surface area contributed by atoms with E-state index in [-0.39, 0.29) is 5.91 Å². The summed E-state index contributed by atoms with van der Waals surface area (Å²) < 4.78 is 2.42. The Morgan fingerprint density at radius 1 is 1.10 bits per heavy atom. The number of carbonyl (C=O) groups is 1. The van der Waals surface area contributed by atoms with Crippen LogP contribution in [0.3, 0.4) is 0 Å². The van der Waals surface area contributed by atoms with E-state index in [4.69, 9.17) is 11.6 Å². The molecule has 0 unspecified atom stereocenters. The maximum Gasteiger partial charge on any atom is 0.248 e. The zero-order valence-corrected chi connectivity index (χ0v) is 18.0. The van der Waals surface area contributed by atoms with Gasteiger partial charge in [0.2, 0.25) is 5.91 Å². The highest BCUT2D eigenvalue weighted by atomic mass is 35.5. The second kappa shape index (κ2) is 8.56. The molecule has 5 heteroatoms. The number of benzene rings is 2. The predicted octanol–water partition coefficient (Wildman–Crippen LogP) is 7.00. The Balaban J connectivity index is 1.32. The quantitative estimate of drug-likeness (QED) is 0.355. The second-order valence-electron chi connectivity index (χ2n) is 8.16. The molecule has 156 valence electrons. The third-order valence-electron chi connectivity index (χ3n) is 6.11. The number of amides is 1. The van der Waals surface area contributed by atoms with Crippen LogP contribution in [0, 0.1) is 0 Å². The van der Waals surface area contributed by atoms with Gasteiger partial charge in [0.1, 0.15) is 0 Å². The van der Waals surface area contributed by atoms with Crippen LogP contribution in [-0.4, -0.2) is 15.5 Å². The highest BCUT2D eigenvalue weighted by molar-refractivity contribution is 6.38. The lowest BCUT2D eigenvalue weighted by molar-refractivity contribution is -0.111. The zero-order valence-electron chi connectivity index (χ0n) is 17.2. The fourth-order valence-corrected chi connectivity index (χ4v) is 4.76. The molecular weight excluding hydrogens is 406 g/mol. The van der Waals surface area contributed by atoms with E-state index in [2.05, 4.69) is 45.3 Å². The Bertz CT molecular complexity index is 1280. The van der Waals surface area contributed by atoms with Crippen LogP contribution in [0.4, 0.5) is 5.69 Å². The molecule has 1 amide bonds. The van der Waals surface area contributed by atoms with Gasteiger partial charge in [-0.3, -0.25) is 9.78 Å². The summed E-state index contributed by atoms with van der Waals surface area (Å²) in [5, 5.41) is 5.35. The van der Waals surface area contributed by atoms with Crippen molar-refractivity contribution in [2.45, 2.75) is 38.1 Å². The van der Waals surface area contributed by atoms with Gasteiger partial charge < -0.3 is 9.88 Å². The highest BCUT2D eigenvalue weighted by Crippen LogP contribution is 2.32. The minimum Gasteiger partial charge on any atom is -0.344 e. The summed E-state index contributed by atoms with van der Waals surface area (Å²) in [5.74, 6) is -0.237. The van der Waals surface area contributed by atoms with Gasteiger partial charge in [-0.05, 0) is 48.7 Å². The van der Waals surface area contributed by atoms with E-state index < -0.39 is 0 Å². The average Bonchev–Trinajstić information content (AvgIpc) is 3.24. The number of carbonyl (C=O) groups excluding carboxylic acids is 1.